The maximum atomic E-state index is 4.46. The highest BCUT2D eigenvalue weighted by molar-refractivity contribution is 14.0. The molecule has 1 fully saturated rings. The topological polar surface area (TPSA) is 39.7 Å². The van der Waals surface area contributed by atoms with Crippen molar-refractivity contribution in [2.75, 3.05) is 26.7 Å². The maximum absolute atomic E-state index is 4.46. The first kappa shape index (κ1) is 24.7. The van der Waals surface area contributed by atoms with E-state index in [9.17, 15) is 0 Å². The summed E-state index contributed by atoms with van der Waals surface area (Å²) in [6.45, 7) is 7.78. The van der Waals surface area contributed by atoms with E-state index in [0.29, 0.717) is 18.0 Å². The summed E-state index contributed by atoms with van der Waals surface area (Å²) in [6.07, 6.45) is 3.38. The molecular formula is C25H37IN4. The summed E-state index contributed by atoms with van der Waals surface area (Å²) in [5.74, 6) is 1.31. The molecule has 4 nitrogen and oxygen atoms in total. The SMILES string of the molecule is CN=C(NCCC(c1ccccc1)c1ccccc1)NC1CCN(C(C)C)CC1.I. The van der Waals surface area contributed by atoms with Crippen LogP contribution in [0.3, 0.4) is 0 Å². The molecule has 0 bridgehead atoms. The molecule has 3 rings (SSSR count). The van der Waals surface area contributed by atoms with Crippen LogP contribution in [0.4, 0.5) is 0 Å². The highest BCUT2D eigenvalue weighted by atomic mass is 127. The number of halogens is 1. The molecule has 1 heterocycles. The number of piperidine rings is 1. The summed E-state index contributed by atoms with van der Waals surface area (Å²) in [6, 6.07) is 22.7. The zero-order valence-electron chi connectivity index (χ0n) is 18.6. The second-order valence-corrected chi connectivity index (χ2v) is 8.21. The Hall–Kier alpha value is -1.60. The lowest BCUT2D eigenvalue weighted by molar-refractivity contribution is 0.167. The fourth-order valence-corrected chi connectivity index (χ4v) is 4.18. The zero-order valence-corrected chi connectivity index (χ0v) is 20.9. The minimum absolute atomic E-state index is 0. The number of benzene rings is 2. The van der Waals surface area contributed by atoms with Gasteiger partial charge in [-0.3, -0.25) is 4.99 Å². The van der Waals surface area contributed by atoms with E-state index in [1.807, 2.05) is 7.05 Å². The monoisotopic (exact) mass is 520 g/mol. The Morgan fingerprint density at radius 1 is 0.967 bits per heavy atom. The van der Waals surface area contributed by atoms with Crippen molar-refractivity contribution in [3.8, 4) is 0 Å². The highest BCUT2D eigenvalue weighted by Gasteiger charge is 2.21. The van der Waals surface area contributed by atoms with Gasteiger partial charge in [-0.2, -0.15) is 0 Å². The lowest BCUT2D eigenvalue weighted by Gasteiger charge is -2.35. The predicted octanol–water partition coefficient (Wildman–Crippen LogP) is 4.86. The number of hydrogen-bond acceptors (Lipinski definition) is 2. The summed E-state index contributed by atoms with van der Waals surface area (Å²) < 4.78 is 0. The number of hydrogen-bond donors (Lipinski definition) is 2. The molecule has 0 amide bonds. The summed E-state index contributed by atoms with van der Waals surface area (Å²) >= 11 is 0. The first-order valence-corrected chi connectivity index (χ1v) is 11.0. The van der Waals surface area contributed by atoms with Crippen LogP contribution < -0.4 is 10.6 Å². The smallest absolute Gasteiger partial charge is 0.191 e. The van der Waals surface area contributed by atoms with Gasteiger partial charge in [0.1, 0.15) is 0 Å². The standard InChI is InChI=1S/C25H36N4.HI/c1-20(2)29-18-15-23(16-19-29)28-25(26-3)27-17-14-24(21-10-6-4-7-11-21)22-12-8-5-9-13-22;/h4-13,20,23-24H,14-19H2,1-3H3,(H2,26,27,28);1H. The van der Waals surface area contributed by atoms with Gasteiger partial charge in [0.15, 0.2) is 5.96 Å². The Morgan fingerprint density at radius 2 is 1.50 bits per heavy atom. The van der Waals surface area contributed by atoms with Crippen LogP contribution in [0.2, 0.25) is 0 Å². The van der Waals surface area contributed by atoms with Crippen LogP contribution in [0, 0.1) is 0 Å². The Kier molecular flexibility index (Phi) is 10.6. The molecule has 0 unspecified atom stereocenters. The molecule has 5 heteroatoms. The maximum Gasteiger partial charge on any atom is 0.191 e. The van der Waals surface area contributed by atoms with Crippen LogP contribution >= 0.6 is 24.0 Å². The highest BCUT2D eigenvalue weighted by Crippen LogP contribution is 2.27. The molecule has 0 saturated carbocycles. The van der Waals surface area contributed by atoms with E-state index in [2.05, 4.69) is 95.0 Å². The molecule has 0 radical (unpaired) electrons. The number of likely N-dealkylation sites (tertiary alicyclic amines) is 1. The van der Waals surface area contributed by atoms with Gasteiger partial charge in [-0.15, -0.1) is 24.0 Å². The van der Waals surface area contributed by atoms with Crippen molar-refractivity contribution < 1.29 is 0 Å². The second kappa shape index (κ2) is 13.0. The van der Waals surface area contributed by atoms with Gasteiger partial charge in [0.2, 0.25) is 0 Å². The molecule has 30 heavy (non-hydrogen) atoms. The van der Waals surface area contributed by atoms with E-state index < -0.39 is 0 Å². The first-order valence-electron chi connectivity index (χ1n) is 11.0. The van der Waals surface area contributed by atoms with Gasteiger partial charge in [-0.1, -0.05) is 60.7 Å². The molecular weight excluding hydrogens is 483 g/mol. The Balaban J connectivity index is 0.00000320. The lowest BCUT2D eigenvalue weighted by atomic mass is 9.88. The van der Waals surface area contributed by atoms with Crippen LogP contribution in [0.25, 0.3) is 0 Å². The number of rotatable bonds is 7. The Bertz CT molecular complexity index is 701. The average Bonchev–Trinajstić information content (AvgIpc) is 2.77. The van der Waals surface area contributed by atoms with Crippen molar-refractivity contribution in [3.05, 3.63) is 71.8 Å². The van der Waals surface area contributed by atoms with Gasteiger partial charge in [-0.05, 0) is 44.2 Å². The van der Waals surface area contributed by atoms with Gasteiger partial charge in [0, 0.05) is 44.7 Å². The van der Waals surface area contributed by atoms with Crippen LogP contribution in [0.1, 0.15) is 50.2 Å². The predicted molar refractivity (Wildman–Crippen MR) is 139 cm³/mol. The first-order chi connectivity index (χ1) is 14.2. The lowest BCUT2D eigenvalue weighted by Crippen LogP contribution is -2.50. The van der Waals surface area contributed by atoms with Gasteiger partial charge in [0.05, 0.1) is 0 Å². The van der Waals surface area contributed by atoms with Crippen molar-refractivity contribution in [3.63, 3.8) is 0 Å². The normalized spacial score (nSPS) is 15.8. The molecule has 1 aliphatic heterocycles. The Labute approximate surface area is 199 Å². The fraction of sp³-hybridized carbons (Fsp3) is 0.480. The average molecular weight is 521 g/mol. The summed E-state index contributed by atoms with van der Waals surface area (Å²) in [5.41, 5.74) is 2.73. The molecule has 1 aliphatic rings. The molecule has 0 atom stereocenters. The number of nitrogens with zero attached hydrogens (tertiary/aromatic N) is 2. The minimum atomic E-state index is 0. The van der Waals surface area contributed by atoms with Gasteiger partial charge in [-0.25, -0.2) is 0 Å². The number of guanidine groups is 1. The molecule has 0 spiro atoms. The molecule has 2 N–H and O–H groups in total. The largest absolute Gasteiger partial charge is 0.356 e. The zero-order chi connectivity index (χ0) is 20.5. The minimum Gasteiger partial charge on any atom is -0.356 e. The van der Waals surface area contributed by atoms with Gasteiger partial charge >= 0.3 is 0 Å². The van der Waals surface area contributed by atoms with E-state index in [1.54, 1.807) is 0 Å². The quantitative estimate of drug-likeness (QED) is 0.311. The van der Waals surface area contributed by atoms with Crippen LogP contribution in [0.5, 0.6) is 0 Å². The van der Waals surface area contributed by atoms with Gasteiger partial charge < -0.3 is 15.5 Å². The van der Waals surface area contributed by atoms with Crippen LogP contribution in [-0.4, -0.2) is 49.6 Å². The third kappa shape index (κ3) is 7.27. The van der Waals surface area contributed by atoms with Gasteiger partial charge in [0.25, 0.3) is 0 Å². The van der Waals surface area contributed by atoms with E-state index in [1.165, 1.54) is 24.0 Å². The van der Waals surface area contributed by atoms with E-state index >= 15 is 0 Å². The molecule has 2 aromatic carbocycles. The molecule has 164 valence electrons. The molecule has 0 aromatic heterocycles. The van der Waals surface area contributed by atoms with E-state index in [4.69, 9.17) is 0 Å². The Morgan fingerprint density at radius 3 is 1.97 bits per heavy atom. The molecule has 1 saturated heterocycles. The van der Waals surface area contributed by atoms with E-state index in [0.717, 1.165) is 32.0 Å². The van der Waals surface area contributed by atoms with Crippen molar-refractivity contribution in [2.45, 2.75) is 51.1 Å². The summed E-state index contributed by atoms with van der Waals surface area (Å²) in [7, 11) is 1.87. The molecule has 0 aliphatic carbocycles. The number of nitrogens with one attached hydrogen (secondary N) is 2. The second-order valence-electron chi connectivity index (χ2n) is 8.21. The van der Waals surface area contributed by atoms with Crippen LogP contribution in [0.15, 0.2) is 65.7 Å². The fourth-order valence-electron chi connectivity index (χ4n) is 4.18. The van der Waals surface area contributed by atoms with Crippen LogP contribution in [-0.2, 0) is 0 Å². The summed E-state index contributed by atoms with van der Waals surface area (Å²) in [5, 5.41) is 7.18. The van der Waals surface area contributed by atoms with E-state index in [-0.39, 0.29) is 24.0 Å². The summed E-state index contributed by atoms with van der Waals surface area (Å²) in [4.78, 5) is 7.01. The van der Waals surface area contributed by atoms with Crippen molar-refractivity contribution in [1.29, 1.82) is 0 Å². The number of aliphatic imine (C=N–C) groups is 1. The van der Waals surface area contributed by atoms with Crippen molar-refractivity contribution in [1.82, 2.24) is 15.5 Å². The van der Waals surface area contributed by atoms with Crippen molar-refractivity contribution in [2.24, 2.45) is 4.99 Å². The third-order valence-corrected chi connectivity index (χ3v) is 5.95. The third-order valence-electron chi connectivity index (χ3n) is 5.95. The molecule has 2 aromatic rings. The van der Waals surface area contributed by atoms with Crippen molar-refractivity contribution >= 4 is 29.9 Å².